The Morgan fingerprint density at radius 3 is 2.71 bits per heavy atom. The highest BCUT2D eigenvalue weighted by molar-refractivity contribution is 5.67. The molecule has 0 saturated heterocycles. The number of carbonyl (C=O) groups excluding carboxylic acids is 1. The van der Waals surface area contributed by atoms with E-state index in [4.69, 9.17) is 9.84 Å². The number of hydrogen-bond donors (Lipinski definition) is 2. The van der Waals surface area contributed by atoms with Gasteiger partial charge in [0.2, 0.25) is 0 Å². The van der Waals surface area contributed by atoms with Crippen LogP contribution in [0.4, 0.5) is 4.79 Å². The van der Waals surface area contributed by atoms with E-state index in [1.54, 1.807) is 0 Å². The molecule has 0 spiro atoms. The lowest BCUT2D eigenvalue weighted by Crippen LogP contribution is -2.29. The van der Waals surface area contributed by atoms with Crippen LogP contribution in [0, 0.1) is 0 Å². The quantitative estimate of drug-likeness (QED) is 0.797. The number of alkyl carbamates (subject to hydrolysis) is 1. The molecule has 1 aromatic carbocycles. The van der Waals surface area contributed by atoms with Crippen molar-refractivity contribution in [2.24, 2.45) is 0 Å². The van der Waals surface area contributed by atoms with Gasteiger partial charge in [0, 0.05) is 0 Å². The molecule has 0 aliphatic rings. The summed E-state index contributed by atoms with van der Waals surface area (Å²) >= 11 is 0. The Kier molecular flexibility index (Phi) is 6.10. The van der Waals surface area contributed by atoms with E-state index in [9.17, 15) is 4.79 Å². The second-order valence-electron chi connectivity index (χ2n) is 3.76. The van der Waals surface area contributed by atoms with Gasteiger partial charge < -0.3 is 15.2 Å². The molecule has 0 aromatic heterocycles. The Bertz CT molecular complexity index is 327. The number of hydrogen-bond acceptors (Lipinski definition) is 3. The number of rotatable bonds is 6. The lowest BCUT2D eigenvalue weighted by molar-refractivity contribution is 0.115. The van der Waals surface area contributed by atoms with Gasteiger partial charge in [-0.1, -0.05) is 43.7 Å². The first-order chi connectivity index (χ1) is 8.27. The second kappa shape index (κ2) is 7.68. The first kappa shape index (κ1) is 13.5. The predicted molar refractivity (Wildman–Crippen MR) is 65.7 cm³/mol. The number of nitrogens with one attached hydrogen (secondary N) is 1. The van der Waals surface area contributed by atoms with E-state index in [2.05, 4.69) is 12.2 Å². The Morgan fingerprint density at radius 2 is 2.12 bits per heavy atom. The summed E-state index contributed by atoms with van der Waals surface area (Å²) in [5.74, 6) is 0. The average molecular weight is 237 g/mol. The first-order valence-electron chi connectivity index (χ1n) is 5.87. The van der Waals surface area contributed by atoms with Crippen LogP contribution in [0.1, 0.15) is 31.4 Å². The maximum Gasteiger partial charge on any atom is 0.407 e. The van der Waals surface area contributed by atoms with Crippen LogP contribution in [-0.4, -0.2) is 24.4 Å². The second-order valence-corrected chi connectivity index (χ2v) is 3.76. The summed E-state index contributed by atoms with van der Waals surface area (Å²) < 4.78 is 4.79. The van der Waals surface area contributed by atoms with Crippen molar-refractivity contribution < 1.29 is 14.6 Å². The first-order valence-corrected chi connectivity index (χ1v) is 5.87. The summed E-state index contributed by atoms with van der Waals surface area (Å²) in [7, 11) is 0. The van der Waals surface area contributed by atoms with Crippen LogP contribution in [0.2, 0.25) is 0 Å². The lowest BCUT2D eigenvalue weighted by atomic mass is 10.0. The van der Waals surface area contributed by atoms with E-state index in [0.717, 1.165) is 18.4 Å². The molecule has 1 amide bonds. The summed E-state index contributed by atoms with van der Waals surface area (Å²) in [6.07, 6.45) is 1.35. The highest BCUT2D eigenvalue weighted by atomic mass is 16.6. The van der Waals surface area contributed by atoms with Gasteiger partial charge in [-0.3, -0.25) is 0 Å². The number of carbonyl (C=O) groups is 1. The average Bonchev–Trinajstić information content (AvgIpc) is 2.37. The molecule has 0 bridgehead atoms. The van der Waals surface area contributed by atoms with Gasteiger partial charge >= 0.3 is 6.09 Å². The molecule has 0 heterocycles. The molecule has 0 aliphatic carbocycles. The summed E-state index contributed by atoms with van der Waals surface area (Å²) in [4.78, 5) is 11.4. The highest BCUT2D eigenvalue weighted by Gasteiger charge is 2.13. The van der Waals surface area contributed by atoms with Crippen LogP contribution < -0.4 is 5.32 Å². The molecule has 0 fully saturated rings. The Hall–Kier alpha value is -1.55. The summed E-state index contributed by atoms with van der Waals surface area (Å²) in [6.45, 7) is 1.94. The number of amides is 1. The Morgan fingerprint density at radius 1 is 1.41 bits per heavy atom. The van der Waals surface area contributed by atoms with Gasteiger partial charge in [-0.25, -0.2) is 4.79 Å². The monoisotopic (exact) mass is 237 g/mol. The molecule has 17 heavy (non-hydrogen) atoms. The van der Waals surface area contributed by atoms with Crippen LogP contribution in [0.15, 0.2) is 30.3 Å². The minimum atomic E-state index is -0.485. The molecule has 94 valence electrons. The molecule has 0 aliphatic heterocycles. The molecule has 4 heteroatoms. The topological polar surface area (TPSA) is 58.6 Å². The molecular weight excluding hydrogens is 218 g/mol. The van der Waals surface area contributed by atoms with E-state index < -0.39 is 6.09 Å². The van der Waals surface area contributed by atoms with Crippen molar-refractivity contribution in [1.82, 2.24) is 5.32 Å². The van der Waals surface area contributed by atoms with E-state index in [-0.39, 0.29) is 19.3 Å². The Labute approximate surface area is 102 Å². The van der Waals surface area contributed by atoms with Gasteiger partial charge in [0.05, 0.1) is 12.6 Å². The fourth-order valence-corrected chi connectivity index (χ4v) is 1.62. The van der Waals surface area contributed by atoms with Crippen LogP contribution in [0.3, 0.4) is 0 Å². The number of benzene rings is 1. The lowest BCUT2D eigenvalue weighted by Gasteiger charge is -2.18. The molecule has 2 N–H and O–H groups in total. The van der Waals surface area contributed by atoms with Gasteiger partial charge in [0.25, 0.3) is 0 Å². The smallest absolute Gasteiger partial charge is 0.407 e. The van der Waals surface area contributed by atoms with Crippen LogP contribution >= 0.6 is 0 Å². The number of aliphatic hydroxyl groups excluding tert-OH is 1. The number of aliphatic hydroxyl groups is 1. The predicted octanol–water partition coefficient (Wildman–Crippen LogP) is 2.25. The van der Waals surface area contributed by atoms with Gasteiger partial charge in [0.15, 0.2) is 0 Å². The van der Waals surface area contributed by atoms with Gasteiger partial charge in [-0.05, 0) is 12.0 Å². The van der Waals surface area contributed by atoms with Crippen molar-refractivity contribution in [3.63, 3.8) is 0 Å². The molecule has 1 rings (SSSR count). The van der Waals surface area contributed by atoms with Crippen molar-refractivity contribution in [2.45, 2.75) is 25.8 Å². The molecule has 1 atom stereocenters. The highest BCUT2D eigenvalue weighted by Crippen LogP contribution is 2.17. The third-order valence-electron chi connectivity index (χ3n) is 2.40. The molecule has 1 unspecified atom stereocenters. The minimum absolute atomic E-state index is 0.0273. The number of ether oxygens (including phenoxy) is 1. The van der Waals surface area contributed by atoms with Crippen molar-refractivity contribution in [3.8, 4) is 0 Å². The van der Waals surface area contributed by atoms with Gasteiger partial charge in [-0.15, -0.1) is 0 Å². The maximum absolute atomic E-state index is 11.4. The van der Waals surface area contributed by atoms with Gasteiger partial charge in [-0.2, -0.15) is 0 Å². The molecule has 1 aromatic rings. The molecule has 4 nitrogen and oxygen atoms in total. The van der Waals surface area contributed by atoms with Gasteiger partial charge in [0.1, 0.15) is 6.61 Å². The van der Waals surface area contributed by atoms with E-state index in [1.165, 1.54) is 0 Å². The van der Waals surface area contributed by atoms with Crippen LogP contribution in [0.5, 0.6) is 0 Å². The summed E-state index contributed by atoms with van der Waals surface area (Å²) in [5, 5.41) is 11.4. The molecule has 0 radical (unpaired) electrons. The van der Waals surface area contributed by atoms with Crippen molar-refractivity contribution in [3.05, 3.63) is 35.9 Å². The van der Waals surface area contributed by atoms with Crippen molar-refractivity contribution in [2.75, 3.05) is 13.2 Å². The van der Waals surface area contributed by atoms with E-state index in [0.29, 0.717) is 0 Å². The fraction of sp³-hybridized carbons (Fsp3) is 0.462. The van der Waals surface area contributed by atoms with Crippen molar-refractivity contribution >= 4 is 6.09 Å². The zero-order valence-electron chi connectivity index (χ0n) is 10.1. The minimum Gasteiger partial charge on any atom is -0.447 e. The third-order valence-corrected chi connectivity index (χ3v) is 2.40. The largest absolute Gasteiger partial charge is 0.447 e. The normalized spacial score (nSPS) is 11.9. The van der Waals surface area contributed by atoms with Crippen molar-refractivity contribution in [1.29, 1.82) is 0 Å². The summed E-state index contributed by atoms with van der Waals surface area (Å²) in [5.41, 5.74) is 1.07. The zero-order valence-corrected chi connectivity index (χ0v) is 10.1. The summed E-state index contributed by atoms with van der Waals surface area (Å²) in [6, 6.07) is 9.75. The Balaban J connectivity index is 2.57. The molecular formula is C13H19NO3. The third kappa shape index (κ3) is 4.87. The van der Waals surface area contributed by atoms with Crippen LogP contribution in [-0.2, 0) is 4.74 Å². The van der Waals surface area contributed by atoms with E-state index >= 15 is 0 Å². The zero-order chi connectivity index (χ0) is 12.5. The standard InChI is InChI=1S/C13H19NO3/c1-2-6-12(11-7-4-3-5-8-11)14-13(16)17-10-9-15/h3-5,7-8,12,15H,2,6,9-10H2,1H3,(H,14,16). The fourth-order valence-electron chi connectivity index (χ4n) is 1.62. The maximum atomic E-state index is 11.4. The SMILES string of the molecule is CCCC(NC(=O)OCCO)c1ccccc1. The van der Waals surface area contributed by atoms with E-state index in [1.807, 2.05) is 30.3 Å². The van der Waals surface area contributed by atoms with Crippen LogP contribution in [0.25, 0.3) is 0 Å². The molecule has 0 saturated carbocycles.